The number of fused-ring (bicyclic) bond motifs is 2. The number of para-hydroxylation sites is 1. The van der Waals surface area contributed by atoms with Gasteiger partial charge in [0.15, 0.2) is 17.3 Å². The van der Waals surface area contributed by atoms with Crippen molar-refractivity contribution in [3.8, 4) is 11.5 Å². The molecule has 1 aliphatic heterocycles. The molecule has 0 saturated heterocycles. The average molecular weight is 352 g/mol. The molecule has 5 nitrogen and oxygen atoms in total. The molecule has 0 atom stereocenters. The van der Waals surface area contributed by atoms with Crippen LogP contribution < -0.4 is 9.47 Å². The van der Waals surface area contributed by atoms with Crippen LogP contribution >= 0.6 is 11.8 Å². The molecule has 6 heteroatoms. The summed E-state index contributed by atoms with van der Waals surface area (Å²) in [6.45, 7) is 2.90. The number of nitrogens with zero attached hydrogens (tertiary/aromatic N) is 2. The van der Waals surface area contributed by atoms with Crippen molar-refractivity contribution in [2.24, 2.45) is 0 Å². The summed E-state index contributed by atoms with van der Waals surface area (Å²) in [5.41, 5.74) is 1.51. The van der Waals surface area contributed by atoms with Crippen LogP contribution in [-0.2, 0) is 0 Å². The van der Waals surface area contributed by atoms with Crippen LogP contribution in [0, 0.1) is 6.92 Å². The Morgan fingerprint density at radius 2 is 1.88 bits per heavy atom. The van der Waals surface area contributed by atoms with Crippen LogP contribution in [0.3, 0.4) is 0 Å². The Balaban J connectivity index is 1.54. The number of hydrogen-bond acceptors (Lipinski definition) is 6. The molecule has 0 spiro atoms. The summed E-state index contributed by atoms with van der Waals surface area (Å²) in [5.74, 6) is 2.36. The normalized spacial score (nSPS) is 13.0. The first-order valence-electron chi connectivity index (χ1n) is 8.00. The Bertz CT molecular complexity index is 959. The minimum atomic E-state index is 0.0299. The van der Waals surface area contributed by atoms with E-state index in [2.05, 4.69) is 9.97 Å². The fourth-order valence-electron chi connectivity index (χ4n) is 2.70. The van der Waals surface area contributed by atoms with Crippen LogP contribution in [0.15, 0.2) is 47.5 Å². The topological polar surface area (TPSA) is 61.3 Å². The van der Waals surface area contributed by atoms with Crippen LogP contribution in [0.4, 0.5) is 0 Å². The second-order valence-electron chi connectivity index (χ2n) is 5.66. The number of carbonyl (C=O) groups is 1. The van der Waals surface area contributed by atoms with Gasteiger partial charge in [-0.3, -0.25) is 4.79 Å². The van der Waals surface area contributed by atoms with Gasteiger partial charge in [-0.2, -0.15) is 0 Å². The van der Waals surface area contributed by atoms with E-state index in [-0.39, 0.29) is 5.78 Å². The van der Waals surface area contributed by atoms with Crippen molar-refractivity contribution in [3.05, 3.63) is 53.9 Å². The summed E-state index contributed by atoms with van der Waals surface area (Å²) in [5, 5.41) is 1.79. The van der Waals surface area contributed by atoms with E-state index in [1.54, 1.807) is 18.2 Å². The highest BCUT2D eigenvalue weighted by Crippen LogP contribution is 2.32. The molecule has 0 bridgehead atoms. The molecule has 2 heterocycles. The first-order chi connectivity index (χ1) is 12.2. The molecule has 4 rings (SSSR count). The fourth-order valence-corrected chi connectivity index (χ4v) is 3.66. The molecule has 1 aromatic heterocycles. The summed E-state index contributed by atoms with van der Waals surface area (Å²) in [7, 11) is 0. The van der Waals surface area contributed by atoms with Crippen molar-refractivity contribution in [2.75, 3.05) is 19.0 Å². The van der Waals surface area contributed by atoms with Crippen LogP contribution in [0.5, 0.6) is 11.5 Å². The third-order valence-corrected chi connectivity index (χ3v) is 4.88. The average Bonchev–Trinajstić information content (AvgIpc) is 2.65. The van der Waals surface area contributed by atoms with Gasteiger partial charge in [0.1, 0.15) is 24.1 Å². The van der Waals surface area contributed by atoms with Crippen LogP contribution in [-0.4, -0.2) is 34.7 Å². The zero-order valence-electron chi connectivity index (χ0n) is 13.7. The molecule has 0 saturated carbocycles. The van der Waals surface area contributed by atoms with E-state index >= 15 is 0 Å². The first kappa shape index (κ1) is 15.9. The molecule has 25 heavy (non-hydrogen) atoms. The van der Waals surface area contributed by atoms with Crippen molar-refractivity contribution >= 4 is 28.4 Å². The van der Waals surface area contributed by atoms with Gasteiger partial charge in [-0.15, -0.1) is 0 Å². The minimum absolute atomic E-state index is 0.0299. The van der Waals surface area contributed by atoms with E-state index in [1.165, 1.54) is 11.8 Å². The van der Waals surface area contributed by atoms with Crippen LogP contribution in [0.1, 0.15) is 16.2 Å². The van der Waals surface area contributed by atoms with Crippen molar-refractivity contribution in [1.82, 2.24) is 9.97 Å². The van der Waals surface area contributed by atoms with Crippen molar-refractivity contribution < 1.29 is 14.3 Å². The molecular formula is C19H16N2O3S. The number of aromatic nitrogens is 2. The van der Waals surface area contributed by atoms with Gasteiger partial charge < -0.3 is 9.47 Å². The molecule has 1 aliphatic rings. The number of Topliss-reactive ketones (excluding diaryl/α,β-unsaturated/α-hetero) is 1. The van der Waals surface area contributed by atoms with E-state index < -0.39 is 0 Å². The number of ketones is 1. The summed E-state index contributed by atoms with van der Waals surface area (Å²) in [6.07, 6.45) is 0. The highest BCUT2D eigenvalue weighted by Gasteiger charge is 2.16. The molecular weight excluding hydrogens is 336 g/mol. The molecule has 0 radical (unpaired) electrons. The summed E-state index contributed by atoms with van der Waals surface area (Å²) in [6, 6.07) is 13.1. The maximum absolute atomic E-state index is 12.6. The van der Waals surface area contributed by atoms with Gasteiger partial charge >= 0.3 is 0 Å². The summed E-state index contributed by atoms with van der Waals surface area (Å²) in [4.78, 5) is 21.5. The SMILES string of the molecule is Cc1nc(SCC(=O)c2ccc3c(c2)OCCO3)c2ccccc2n1. The molecule has 0 amide bonds. The lowest BCUT2D eigenvalue weighted by molar-refractivity contribution is 0.102. The van der Waals surface area contributed by atoms with Gasteiger partial charge in [0, 0.05) is 10.9 Å². The number of hydrogen-bond donors (Lipinski definition) is 0. The van der Waals surface area contributed by atoms with E-state index in [0.29, 0.717) is 41.9 Å². The van der Waals surface area contributed by atoms with Crippen LogP contribution in [0.25, 0.3) is 10.9 Å². The number of ether oxygens (including phenoxy) is 2. The fraction of sp³-hybridized carbons (Fsp3) is 0.211. The Morgan fingerprint density at radius 1 is 1.08 bits per heavy atom. The summed E-state index contributed by atoms with van der Waals surface area (Å²) < 4.78 is 11.0. The molecule has 0 aliphatic carbocycles. The largest absolute Gasteiger partial charge is 0.486 e. The van der Waals surface area contributed by atoms with Gasteiger partial charge in [-0.25, -0.2) is 9.97 Å². The summed E-state index contributed by atoms with van der Waals surface area (Å²) >= 11 is 1.43. The third-order valence-electron chi connectivity index (χ3n) is 3.88. The number of rotatable bonds is 4. The molecule has 0 fully saturated rings. The van der Waals surface area contributed by atoms with Crippen LogP contribution in [0.2, 0.25) is 0 Å². The highest BCUT2D eigenvalue weighted by molar-refractivity contribution is 8.00. The molecule has 2 aromatic carbocycles. The lowest BCUT2D eigenvalue weighted by Gasteiger charge is -2.18. The number of thioether (sulfide) groups is 1. The Morgan fingerprint density at radius 3 is 2.76 bits per heavy atom. The van der Waals surface area contributed by atoms with Gasteiger partial charge in [0.2, 0.25) is 0 Å². The zero-order chi connectivity index (χ0) is 17.2. The molecule has 126 valence electrons. The number of aryl methyl sites for hydroxylation is 1. The van der Waals surface area contributed by atoms with Crippen molar-refractivity contribution in [3.63, 3.8) is 0 Å². The predicted octanol–water partition coefficient (Wildman–Crippen LogP) is 3.68. The monoisotopic (exact) mass is 352 g/mol. The van der Waals surface area contributed by atoms with E-state index in [1.807, 2.05) is 31.2 Å². The smallest absolute Gasteiger partial charge is 0.173 e. The first-order valence-corrected chi connectivity index (χ1v) is 8.98. The molecule has 0 N–H and O–H groups in total. The standard InChI is InChI=1S/C19H16N2O3S/c1-12-20-15-5-3-2-4-14(15)19(21-12)25-11-16(22)13-6-7-17-18(10-13)24-9-8-23-17/h2-7,10H,8-9,11H2,1H3. The lowest BCUT2D eigenvalue weighted by atomic mass is 10.1. The zero-order valence-corrected chi connectivity index (χ0v) is 14.5. The second kappa shape index (κ2) is 6.72. The number of carbonyl (C=O) groups excluding carboxylic acids is 1. The predicted molar refractivity (Wildman–Crippen MR) is 96.8 cm³/mol. The van der Waals surface area contributed by atoms with Gasteiger partial charge in [0.25, 0.3) is 0 Å². The van der Waals surface area contributed by atoms with Gasteiger partial charge in [-0.05, 0) is 31.2 Å². The van der Waals surface area contributed by atoms with E-state index in [9.17, 15) is 4.79 Å². The highest BCUT2D eigenvalue weighted by atomic mass is 32.2. The maximum atomic E-state index is 12.6. The quantitative estimate of drug-likeness (QED) is 0.405. The minimum Gasteiger partial charge on any atom is -0.486 e. The van der Waals surface area contributed by atoms with Crippen molar-refractivity contribution in [1.29, 1.82) is 0 Å². The maximum Gasteiger partial charge on any atom is 0.173 e. The Labute approximate surface area is 149 Å². The van der Waals surface area contributed by atoms with Crippen molar-refractivity contribution in [2.45, 2.75) is 11.9 Å². The molecule has 0 unspecified atom stereocenters. The Hall–Kier alpha value is -2.60. The Kier molecular flexibility index (Phi) is 4.28. The lowest BCUT2D eigenvalue weighted by Crippen LogP contribution is -2.16. The van der Waals surface area contributed by atoms with Gasteiger partial charge in [0.05, 0.1) is 11.3 Å². The third kappa shape index (κ3) is 3.30. The number of benzene rings is 2. The second-order valence-corrected chi connectivity index (χ2v) is 6.63. The van der Waals surface area contributed by atoms with E-state index in [4.69, 9.17) is 9.47 Å². The van der Waals surface area contributed by atoms with E-state index in [0.717, 1.165) is 15.9 Å². The molecule has 3 aromatic rings. The van der Waals surface area contributed by atoms with Gasteiger partial charge in [-0.1, -0.05) is 30.0 Å².